The third-order valence-corrected chi connectivity index (χ3v) is 4.33. The van der Waals surface area contributed by atoms with Crippen LogP contribution >= 0.6 is 11.3 Å². The van der Waals surface area contributed by atoms with Gasteiger partial charge in [0.15, 0.2) is 5.96 Å². The van der Waals surface area contributed by atoms with Crippen LogP contribution in [0.15, 0.2) is 22.5 Å². The van der Waals surface area contributed by atoms with Crippen LogP contribution in [0, 0.1) is 0 Å². The molecule has 0 saturated carbocycles. The van der Waals surface area contributed by atoms with Gasteiger partial charge in [0.05, 0.1) is 6.54 Å². The van der Waals surface area contributed by atoms with E-state index in [0.717, 1.165) is 13.0 Å². The molecular formula is C15H26N4OS. The van der Waals surface area contributed by atoms with E-state index in [1.165, 1.54) is 4.88 Å². The van der Waals surface area contributed by atoms with Gasteiger partial charge in [0.2, 0.25) is 5.91 Å². The second-order valence-electron chi connectivity index (χ2n) is 5.49. The van der Waals surface area contributed by atoms with E-state index in [1.807, 2.05) is 6.92 Å². The van der Waals surface area contributed by atoms with Crippen LogP contribution in [0.4, 0.5) is 0 Å². The minimum atomic E-state index is -0.0164. The Bertz CT molecular complexity index is 454. The molecule has 0 radical (unpaired) electrons. The van der Waals surface area contributed by atoms with Gasteiger partial charge in [-0.15, -0.1) is 11.3 Å². The fraction of sp³-hybridized carbons (Fsp3) is 0.600. The summed E-state index contributed by atoms with van der Waals surface area (Å²) in [6, 6.07) is 4.20. The van der Waals surface area contributed by atoms with Crippen LogP contribution in [0.25, 0.3) is 0 Å². The van der Waals surface area contributed by atoms with Gasteiger partial charge in [-0.05, 0) is 17.9 Å². The maximum Gasteiger partial charge on any atom is 0.239 e. The maximum atomic E-state index is 11.6. The van der Waals surface area contributed by atoms with Gasteiger partial charge in [0.1, 0.15) is 0 Å². The summed E-state index contributed by atoms with van der Waals surface area (Å²) in [5.74, 6) is 0.628. The van der Waals surface area contributed by atoms with Crippen molar-refractivity contribution in [3.05, 3.63) is 22.4 Å². The van der Waals surface area contributed by atoms with E-state index >= 15 is 0 Å². The van der Waals surface area contributed by atoms with Gasteiger partial charge in [-0.25, -0.2) is 0 Å². The minimum Gasteiger partial charge on any atom is -0.356 e. The van der Waals surface area contributed by atoms with Crippen LogP contribution in [0.5, 0.6) is 0 Å². The first-order chi connectivity index (χ1) is 9.99. The van der Waals surface area contributed by atoms with E-state index in [0.29, 0.717) is 12.5 Å². The number of nitrogens with zero attached hydrogens (tertiary/aromatic N) is 1. The Hall–Kier alpha value is -1.56. The highest BCUT2D eigenvalue weighted by Crippen LogP contribution is 2.26. The van der Waals surface area contributed by atoms with Crippen molar-refractivity contribution in [2.45, 2.75) is 32.6 Å². The van der Waals surface area contributed by atoms with Crippen molar-refractivity contribution < 1.29 is 4.79 Å². The number of hydrogen-bond donors (Lipinski definition) is 3. The highest BCUT2D eigenvalue weighted by atomic mass is 32.1. The lowest BCUT2D eigenvalue weighted by Crippen LogP contribution is -2.46. The lowest BCUT2D eigenvalue weighted by atomic mass is 9.91. The normalized spacial score (nSPS) is 12.1. The van der Waals surface area contributed by atoms with E-state index in [1.54, 1.807) is 18.4 Å². The summed E-state index contributed by atoms with van der Waals surface area (Å²) in [4.78, 5) is 17.0. The number of carbonyl (C=O) groups is 1. The van der Waals surface area contributed by atoms with Crippen LogP contribution in [0.2, 0.25) is 0 Å². The molecule has 0 unspecified atom stereocenters. The lowest BCUT2D eigenvalue weighted by Gasteiger charge is -2.25. The molecule has 1 heterocycles. The second-order valence-corrected chi connectivity index (χ2v) is 6.44. The Kier molecular flexibility index (Phi) is 7.22. The zero-order valence-corrected chi connectivity index (χ0v) is 14.1. The fourth-order valence-corrected chi connectivity index (χ4v) is 2.62. The smallest absolute Gasteiger partial charge is 0.239 e. The van der Waals surface area contributed by atoms with Gasteiger partial charge >= 0.3 is 0 Å². The van der Waals surface area contributed by atoms with Gasteiger partial charge in [-0.3, -0.25) is 9.79 Å². The first kappa shape index (κ1) is 17.5. The zero-order chi connectivity index (χ0) is 15.7. The molecule has 0 bridgehead atoms. The van der Waals surface area contributed by atoms with Gasteiger partial charge in [-0.2, -0.15) is 0 Å². The Morgan fingerprint density at radius 1 is 1.33 bits per heavy atom. The number of amides is 1. The molecule has 118 valence electrons. The first-order valence-electron chi connectivity index (χ1n) is 7.24. The van der Waals surface area contributed by atoms with Crippen LogP contribution in [-0.4, -0.2) is 38.5 Å². The molecule has 0 aliphatic carbocycles. The van der Waals surface area contributed by atoms with Crippen molar-refractivity contribution in [1.82, 2.24) is 16.0 Å². The molecule has 0 fully saturated rings. The number of hydrogen-bond acceptors (Lipinski definition) is 3. The number of rotatable bonds is 7. The molecule has 1 aromatic heterocycles. The number of aliphatic imine (C=N–C) groups is 1. The van der Waals surface area contributed by atoms with Gasteiger partial charge in [-0.1, -0.05) is 26.8 Å². The highest BCUT2D eigenvalue weighted by molar-refractivity contribution is 7.10. The monoisotopic (exact) mass is 310 g/mol. The number of nitrogens with one attached hydrogen (secondary N) is 3. The second kappa shape index (κ2) is 8.67. The van der Waals surface area contributed by atoms with E-state index < -0.39 is 0 Å². The summed E-state index contributed by atoms with van der Waals surface area (Å²) in [5, 5.41) is 11.2. The molecule has 1 amide bonds. The summed E-state index contributed by atoms with van der Waals surface area (Å²) >= 11 is 1.75. The SMILES string of the molecule is CCCNC(=O)CNC(=NC)NCC(C)(C)c1cccs1. The number of guanidine groups is 1. The van der Waals surface area contributed by atoms with Gasteiger partial charge < -0.3 is 16.0 Å². The molecule has 3 N–H and O–H groups in total. The Morgan fingerprint density at radius 3 is 2.67 bits per heavy atom. The van der Waals surface area contributed by atoms with E-state index in [4.69, 9.17) is 0 Å². The third-order valence-electron chi connectivity index (χ3n) is 3.10. The van der Waals surface area contributed by atoms with Crippen molar-refractivity contribution in [1.29, 1.82) is 0 Å². The standard InChI is InChI=1S/C15H26N4OS/c1-5-8-17-13(20)10-18-14(16-4)19-11-15(2,3)12-7-6-9-21-12/h6-7,9H,5,8,10-11H2,1-4H3,(H,17,20)(H2,16,18,19). The molecule has 0 aromatic carbocycles. The van der Waals surface area contributed by atoms with Crippen molar-refractivity contribution in [3.8, 4) is 0 Å². The molecule has 1 aromatic rings. The predicted molar refractivity (Wildman–Crippen MR) is 90.0 cm³/mol. The lowest BCUT2D eigenvalue weighted by molar-refractivity contribution is -0.120. The molecule has 5 nitrogen and oxygen atoms in total. The predicted octanol–water partition coefficient (Wildman–Crippen LogP) is 1.72. The Labute approximate surface area is 131 Å². The Morgan fingerprint density at radius 2 is 2.10 bits per heavy atom. The summed E-state index contributed by atoms with van der Waals surface area (Å²) in [6.45, 7) is 8.10. The summed E-state index contributed by atoms with van der Waals surface area (Å²) < 4.78 is 0. The van der Waals surface area contributed by atoms with Crippen molar-refractivity contribution in [2.75, 3.05) is 26.7 Å². The van der Waals surface area contributed by atoms with Crippen molar-refractivity contribution in [2.24, 2.45) is 4.99 Å². The minimum absolute atomic E-state index is 0.0164. The molecule has 0 aliphatic rings. The number of carbonyl (C=O) groups excluding carboxylic acids is 1. The largest absolute Gasteiger partial charge is 0.356 e. The molecule has 6 heteroatoms. The summed E-state index contributed by atoms with van der Waals surface area (Å²) in [7, 11) is 1.71. The van der Waals surface area contributed by atoms with Crippen molar-refractivity contribution in [3.63, 3.8) is 0 Å². The molecular weight excluding hydrogens is 284 g/mol. The molecule has 0 saturated heterocycles. The van der Waals surface area contributed by atoms with E-state index in [-0.39, 0.29) is 17.9 Å². The Balaban J connectivity index is 2.40. The molecule has 1 rings (SSSR count). The highest BCUT2D eigenvalue weighted by Gasteiger charge is 2.21. The molecule has 21 heavy (non-hydrogen) atoms. The molecule has 0 aliphatic heterocycles. The van der Waals surface area contributed by atoms with Crippen LogP contribution < -0.4 is 16.0 Å². The van der Waals surface area contributed by atoms with Crippen LogP contribution in [0.1, 0.15) is 32.1 Å². The van der Waals surface area contributed by atoms with Crippen molar-refractivity contribution >= 4 is 23.2 Å². The van der Waals surface area contributed by atoms with Gasteiger partial charge in [0, 0.05) is 30.4 Å². The average molecular weight is 310 g/mol. The molecule has 0 atom stereocenters. The third kappa shape index (κ3) is 6.16. The quantitative estimate of drug-likeness (QED) is 0.531. The average Bonchev–Trinajstić information content (AvgIpc) is 3.00. The first-order valence-corrected chi connectivity index (χ1v) is 8.12. The number of thiophene rings is 1. The van der Waals surface area contributed by atoms with E-state index in [9.17, 15) is 4.79 Å². The van der Waals surface area contributed by atoms with Gasteiger partial charge in [0.25, 0.3) is 0 Å². The fourth-order valence-electron chi connectivity index (χ4n) is 1.77. The van der Waals surface area contributed by atoms with E-state index in [2.05, 4.69) is 52.3 Å². The zero-order valence-electron chi connectivity index (χ0n) is 13.3. The summed E-state index contributed by atoms with van der Waals surface area (Å²) in [6.07, 6.45) is 0.938. The van der Waals surface area contributed by atoms with Crippen LogP contribution in [-0.2, 0) is 10.2 Å². The topological polar surface area (TPSA) is 65.5 Å². The maximum absolute atomic E-state index is 11.6. The van der Waals surface area contributed by atoms with Crippen LogP contribution in [0.3, 0.4) is 0 Å². The summed E-state index contributed by atoms with van der Waals surface area (Å²) in [5.41, 5.74) is 0.0241. The molecule has 0 spiro atoms.